The fraction of sp³-hybridized carbons (Fsp3) is 0.300. The van der Waals surface area contributed by atoms with Gasteiger partial charge in [0.2, 0.25) is 5.91 Å². The van der Waals surface area contributed by atoms with Crippen molar-refractivity contribution in [3.05, 3.63) is 69.7 Å². The van der Waals surface area contributed by atoms with Crippen LogP contribution in [-0.2, 0) is 9.53 Å². The molecule has 2 aromatic carbocycles. The van der Waals surface area contributed by atoms with E-state index >= 15 is 0 Å². The van der Waals surface area contributed by atoms with Crippen LogP contribution >= 0.6 is 23.2 Å². The van der Waals surface area contributed by atoms with Gasteiger partial charge in [-0.15, -0.1) is 0 Å². The van der Waals surface area contributed by atoms with Crippen LogP contribution in [-0.4, -0.2) is 36.3 Å². The van der Waals surface area contributed by atoms with Gasteiger partial charge in [0.15, 0.2) is 5.78 Å². The van der Waals surface area contributed by atoms with E-state index in [2.05, 4.69) is 0 Å². The molecule has 1 unspecified atom stereocenters. The number of nitrogens with zero attached hydrogens (tertiary/aromatic N) is 1. The molecule has 3 rings (SSSR count). The first-order chi connectivity index (χ1) is 12.5. The van der Waals surface area contributed by atoms with Crippen molar-refractivity contribution in [1.82, 2.24) is 4.90 Å². The average molecular weight is 392 g/mol. The Labute approximate surface area is 162 Å². The lowest BCUT2D eigenvalue weighted by molar-refractivity contribution is -0.139. The molecule has 0 aliphatic carbocycles. The Morgan fingerprint density at radius 1 is 1.08 bits per heavy atom. The fourth-order valence-electron chi connectivity index (χ4n) is 2.99. The third kappa shape index (κ3) is 4.64. The Kier molecular flexibility index (Phi) is 6.30. The molecule has 0 bridgehead atoms. The topological polar surface area (TPSA) is 46.6 Å². The predicted molar refractivity (Wildman–Crippen MR) is 102 cm³/mol. The maximum Gasteiger partial charge on any atom is 0.223 e. The van der Waals surface area contributed by atoms with Crippen LogP contribution in [0.1, 0.15) is 34.9 Å². The highest BCUT2D eigenvalue weighted by atomic mass is 35.5. The highest BCUT2D eigenvalue weighted by Gasteiger charge is 2.26. The van der Waals surface area contributed by atoms with E-state index in [-0.39, 0.29) is 30.6 Å². The highest BCUT2D eigenvalue weighted by Crippen LogP contribution is 2.28. The summed E-state index contributed by atoms with van der Waals surface area (Å²) < 4.78 is 5.77. The van der Waals surface area contributed by atoms with Crippen LogP contribution in [0.3, 0.4) is 0 Å². The van der Waals surface area contributed by atoms with E-state index in [1.165, 1.54) is 0 Å². The molecule has 26 heavy (non-hydrogen) atoms. The summed E-state index contributed by atoms with van der Waals surface area (Å²) in [5.74, 6) is -0.141. The molecule has 4 nitrogen and oxygen atoms in total. The van der Waals surface area contributed by atoms with Crippen molar-refractivity contribution >= 4 is 34.9 Å². The summed E-state index contributed by atoms with van der Waals surface area (Å²) in [6.45, 7) is 1.41. The molecule has 0 radical (unpaired) electrons. The normalized spacial score (nSPS) is 17.2. The first-order valence-corrected chi connectivity index (χ1v) is 9.23. The number of ketones is 1. The van der Waals surface area contributed by atoms with Gasteiger partial charge in [0.1, 0.15) is 6.10 Å². The van der Waals surface area contributed by atoms with Crippen LogP contribution < -0.4 is 0 Å². The van der Waals surface area contributed by atoms with Gasteiger partial charge in [0.25, 0.3) is 0 Å². The van der Waals surface area contributed by atoms with Crippen LogP contribution in [0.2, 0.25) is 10.0 Å². The molecule has 0 spiro atoms. The third-order valence-corrected chi connectivity index (χ3v) is 4.96. The van der Waals surface area contributed by atoms with E-state index in [1.807, 2.05) is 24.3 Å². The molecule has 1 fully saturated rings. The van der Waals surface area contributed by atoms with Crippen LogP contribution in [0.5, 0.6) is 0 Å². The number of halogens is 2. The van der Waals surface area contributed by atoms with Crippen LogP contribution in [0.25, 0.3) is 0 Å². The summed E-state index contributed by atoms with van der Waals surface area (Å²) in [5, 5.41) is 1.14. The second-order valence-electron chi connectivity index (χ2n) is 6.15. The van der Waals surface area contributed by atoms with Crippen molar-refractivity contribution in [2.75, 3.05) is 19.7 Å². The summed E-state index contributed by atoms with van der Waals surface area (Å²) >= 11 is 12.1. The van der Waals surface area contributed by atoms with Crippen LogP contribution in [0.4, 0.5) is 0 Å². The number of rotatable bonds is 5. The zero-order chi connectivity index (χ0) is 18.5. The van der Waals surface area contributed by atoms with E-state index in [4.69, 9.17) is 27.9 Å². The van der Waals surface area contributed by atoms with Gasteiger partial charge in [0, 0.05) is 40.6 Å². The number of carbonyl (C=O) groups is 2. The van der Waals surface area contributed by atoms with Crippen molar-refractivity contribution in [2.45, 2.75) is 18.9 Å². The Balaban J connectivity index is 1.58. The predicted octanol–water partition coefficient (Wildman–Crippen LogP) is 4.56. The quantitative estimate of drug-likeness (QED) is 0.701. The van der Waals surface area contributed by atoms with Crippen LogP contribution in [0.15, 0.2) is 48.5 Å². The Morgan fingerprint density at radius 2 is 1.88 bits per heavy atom. The van der Waals surface area contributed by atoms with Gasteiger partial charge in [-0.1, -0.05) is 53.5 Å². The zero-order valence-electron chi connectivity index (χ0n) is 14.2. The van der Waals surface area contributed by atoms with E-state index in [0.29, 0.717) is 35.3 Å². The minimum Gasteiger partial charge on any atom is -0.370 e. The monoisotopic (exact) mass is 391 g/mol. The second kappa shape index (κ2) is 8.67. The molecular weight excluding hydrogens is 373 g/mol. The largest absolute Gasteiger partial charge is 0.370 e. The zero-order valence-corrected chi connectivity index (χ0v) is 15.7. The smallest absolute Gasteiger partial charge is 0.223 e. The number of hydrogen-bond acceptors (Lipinski definition) is 3. The van der Waals surface area contributed by atoms with Gasteiger partial charge in [-0.3, -0.25) is 9.59 Å². The van der Waals surface area contributed by atoms with E-state index in [9.17, 15) is 9.59 Å². The lowest BCUT2D eigenvalue weighted by Gasteiger charge is -2.33. The maximum atomic E-state index is 12.5. The van der Waals surface area contributed by atoms with Gasteiger partial charge in [-0.25, -0.2) is 0 Å². The van der Waals surface area contributed by atoms with Gasteiger partial charge >= 0.3 is 0 Å². The molecule has 1 amide bonds. The van der Waals surface area contributed by atoms with Crippen molar-refractivity contribution < 1.29 is 14.3 Å². The maximum absolute atomic E-state index is 12.5. The molecule has 1 heterocycles. The molecular formula is C20H19Cl2NO3. The Morgan fingerprint density at radius 3 is 2.65 bits per heavy atom. The van der Waals surface area contributed by atoms with E-state index < -0.39 is 0 Å². The van der Waals surface area contributed by atoms with E-state index in [1.54, 1.807) is 29.2 Å². The minimum absolute atomic E-state index is 0.0549. The first kappa shape index (κ1) is 18.9. The average Bonchev–Trinajstić information content (AvgIpc) is 2.66. The molecule has 1 atom stereocenters. The summed E-state index contributed by atoms with van der Waals surface area (Å²) in [4.78, 5) is 26.5. The van der Waals surface area contributed by atoms with Crippen LogP contribution in [0, 0.1) is 0 Å². The fourth-order valence-corrected chi connectivity index (χ4v) is 3.43. The number of Topliss-reactive ketones (excluding diaryl/α,β-unsaturated/α-hetero) is 1. The summed E-state index contributed by atoms with van der Waals surface area (Å²) in [6, 6.07) is 14.2. The molecule has 1 saturated heterocycles. The molecule has 2 aromatic rings. The van der Waals surface area contributed by atoms with Crippen molar-refractivity contribution in [3.8, 4) is 0 Å². The number of amides is 1. The SMILES string of the molecule is O=C(CCC(=O)N1CCOC(c2ccccc2Cl)C1)c1cccc(Cl)c1. The molecule has 0 saturated carbocycles. The number of carbonyl (C=O) groups excluding carboxylic acids is 2. The number of benzene rings is 2. The summed E-state index contributed by atoms with van der Waals surface area (Å²) in [5.41, 5.74) is 1.41. The van der Waals surface area contributed by atoms with Crippen molar-refractivity contribution in [1.29, 1.82) is 0 Å². The standard InChI is InChI=1S/C20H19Cl2NO3/c21-15-5-3-4-14(12-15)18(24)8-9-20(25)23-10-11-26-19(13-23)16-6-1-2-7-17(16)22/h1-7,12,19H,8-11,13H2. The molecule has 1 aliphatic rings. The molecule has 0 N–H and O–H groups in total. The Hall–Kier alpha value is -1.88. The summed E-state index contributed by atoms with van der Waals surface area (Å²) in [6.07, 6.45) is 0.0819. The number of morpholine rings is 1. The number of ether oxygens (including phenoxy) is 1. The van der Waals surface area contributed by atoms with Gasteiger partial charge in [0.05, 0.1) is 13.2 Å². The molecule has 136 valence electrons. The molecule has 0 aromatic heterocycles. The second-order valence-corrected chi connectivity index (χ2v) is 7.00. The van der Waals surface area contributed by atoms with Gasteiger partial charge < -0.3 is 9.64 Å². The summed E-state index contributed by atoms with van der Waals surface area (Å²) in [7, 11) is 0. The first-order valence-electron chi connectivity index (χ1n) is 8.47. The minimum atomic E-state index is -0.245. The van der Waals surface area contributed by atoms with Crippen molar-refractivity contribution in [3.63, 3.8) is 0 Å². The van der Waals surface area contributed by atoms with Crippen molar-refractivity contribution in [2.24, 2.45) is 0 Å². The third-order valence-electron chi connectivity index (χ3n) is 4.38. The molecule has 6 heteroatoms. The molecule has 1 aliphatic heterocycles. The lowest BCUT2D eigenvalue weighted by atomic mass is 10.0. The van der Waals surface area contributed by atoms with Gasteiger partial charge in [-0.05, 0) is 18.2 Å². The van der Waals surface area contributed by atoms with E-state index in [0.717, 1.165) is 5.56 Å². The van der Waals surface area contributed by atoms with Gasteiger partial charge in [-0.2, -0.15) is 0 Å². The highest BCUT2D eigenvalue weighted by molar-refractivity contribution is 6.31. The Bertz CT molecular complexity index is 809. The number of hydrogen-bond donors (Lipinski definition) is 0. The lowest BCUT2D eigenvalue weighted by Crippen LogP contribution is -2.42.